The fourth-order valence-electron chi connectivity index (χ4n) is 2.29. The first-order valence-electron chi connectivity index (χ1n) is 8.99. The lowest BCUT2D eigenvalue weighted by Crippen LogP contribution is -2.30. The highest BCUT2D eigenvalue weighted by atomic mass is 19.1. The summed E-state index contributed by atoms with van der Waals surface area (Å²) in [4.78, 5) is 24.5. The highest BCUT2D eigenvalue weighted by molar-refractivity contribution is 5.97. The Morgan fingerprint density at radius 2 is 1.69 bits per heavy atom. The molecular weight excluding hydrogens is 384 g/mol. The molecule has 1 atom stereocenters. The summed E-state index contributed by atoms with van der Waals surface area (Å²) in [6.07, 6.45) is -1.29. The van der Waals surface area contributed by atoms with Gasteiger partial charge < -0.3 is 19.5 Å². The van der Waals surface area contributed by atoms with Gasteiger partial charge in [-0.05, 0) is 43.2 Å². The average Bonchev–Trinajstić information content (AvgIpc) is 2.68. The van der Waals surface area contributed by atoms with E-state index in [1.54, 1.807) is 6.07 Å². The van der Waals surface area contributed by atoms with E-state index in [-0.39, 0.29) is 5.56 Å². The summed E-state index contributed by atoms with van der Waals surface area (Å²) in [5.41, 5.74) is -0.468. The molecule has 2 aromatic rings. The quantitative estimate of drug-likeness (QED) is 0.664. The van der Waals surface area contributed by atoms with Crippen molar-refractivity contribution in [2.24, 2.45) is 5.92 Å². The van der Waals surface area contributed by atoms with Gasteiger partial charge in [0.05, 0.1) is 19.3 Å². The number of benzene rings is 2. The molecule has 0 aliphatic rings. The molecule has 8 heteroatoms. The van der Waals surface area contributed by atoms with E-state index in [0.717, 1.165) is 12.1 Å². The van der Waals surface area contributed by atoms with Crippen molar-refractivity contribution in [2.45, 2.75) is 26.9 Å². The molecule has 0 bridgehead atoms. The van der Waals surface area contributed by atoms with Crippen molar-refractivity contribution >= 4 is 17.6 Å². The van der Waals surface area contributed by atoms with Gasteiger partial charge in [-0.3, -0.25) is 4.79 Å². The number of methoxy groups -OCH3 is 1. The molecule has 1 N–H and O–H groups in total. The summed E-state index contributed by atoms with van der Waals surface area (Å²) in [5, 5.41) is 2.08. The molecule has 1 amide bonds. The summed E-state index contributed by atoms with van der Waals surface area (Å²) in [6, 6.07) is 7.65. The Hall–Kier alpha value is -3.16. The van der Waals surface area contributed by atoms with Crippen LogP contribution in [0.5, 0.6) is 11.5 Å². The van der Waals surface area contributed by atoms with Crippen LogP contribution in [-0.2, 0) is 9.53 Å². The number of rotatable bonds is 8. The number of anilines is 1. The van der Waals surface area contributed by atoms with Gasteiger partial charge in [-0.25, -0.2) is 13.6 Å². The second kappa shape index (κ2) is 9.86. The van der Waals surface area contributed by atoms with Crippen LogP contribution in [0, 0.1) is 17.6 Å². The summed E-state index contributed by atoms with van der Waals surface area (Å²) in [5.74, 6) is -2.41. The smallest absolute Gasteiger partial charge is 0.339 e. The van der Waals surface area contributed by atoms with Crippen molar-refractivity contribution in [3.63, 3.8) is 0 Å². The number of halogens is 2. The SMILES string of the molecule is COc1cc(C(=O)O[C@H](C)C(=O)Nc2c(F)cccc2F)ccc1OCC(C)C. The Kier molecular flexibility index (Phi) is 7.52. The molecule has 0 saturated heterocycles. The molecule has 0 aliphatic carbocycles. The Morgan fingerprint density at radius 1 is 1.03 bits per heavy atom. The summed E-state index contributed by atoms with van der Waals surface area (Å²) in [6.45, 7) is 5.77. The average molecular weight is 407 g/mol. The van der Waals surface area contributed by atoms with Crippen LogP contribution in [0.3, 0.4) is 0 Å². The summed E-state index contributed by atoms with van der Waals surface area (Å²) in [7, 11) is 1.44. The number of para-hydroxylation sites is 1. The molecule has 0 spiro atoms. The third-order valence-corrected chi connectivity index (χ3v) is 3.84. The molecular formula is C21H23F2NO5. The molecule has 0 aromatic heterocycles. The van der Waals surface area contributed by atoms with Crippen molar-refractivity contribution in [1.82, 2.24) is 0 Å². The van der Waals surface area contributed by atoms with E-state index in [1.165, 1.54) is 32.2 Å². The number of ether oxygens (including phenoxy) is 3. The lowest BCUT2D eigenvalue weighted by atomic mass is 10.2. The minimum atomic E-state index is -1.29. The number of hydrogen-bond acceptors (Lipinski definition) is 5. The minimum absolute atomic E-state index is 0.135. The Balaban J connectivity index is 2.05. The predicted molar refractivity (Wildman–Crippen MR) is 103 cm³/mol. The Bertz CT molecular complexity index is 865. The zero-order chi connectivity index (χ0) is 21.6. The molecule has 29 heavy (non-hydrogen) atoms. The van der Waals surface area contributed by atoms with E-state index in [2.05, 4.69) is 5.32 Å². The second-order valence-corrected chi connectivity index (χ2v) is 6.70. The number of amides is 1. The monoisotopic (exact) mass is 407 g/mol. The number of carbonyl (C=O) groups excluding carboxylic acids is 2. The first-order valence-corrected chi connectivity index (χ1v) is 8.99. The van der Waals surface area contributed by atoms with Gasteiger partial charge in [-0.15, -0.1) is 0 Å². The third-order valence-electron chi connectivity index (χ3n) is 3.84. The lowest BCUT2D eigenvalue weighted by molar-refractivity contribution is -0.123. The fourth-order valence-corrected chi connectivity index (χ4v) is 2.29. The summed E-state index contributed by atoms with van der Waals surface area (Å²) >= 11 is 0. The van der Waals surface area contributed by atoms with Gasteiger partial charge in [0.25, 0.3) is 5.91 Å². The van der Waals surface area contributed by atoms with Gasteiger partial charge in [0.1, 0.15) is 17.3 Å². The Labute approximate surface area is 167 Å². The van der Waals surface area contributed by atoms with E-state index < -0.39 is 35.3 Å². The van der Waals surface area contributed by atoms with Crippen LogP contribution in [0.25, 0.3) is 0 Å². The van der Waals surface area contributed by atoms with E-state index in [4.69, 9.17) is 14.2 Å². The van der Waals surface area contributed by atoms with Gasteiger partial charge in [0.15, 0.2) is 17.6 Å². The van der Waals surface area contributed by atoms with Crippen LogP contribution in [0.15, 0.2) is 36.4 Å². The van der Waals surface area contributed by atoms with Crippen LogP contribution < -0.4 is 14.8 Å². The summed E-state index contributed by atoms with van der Waals surface area (Å²) < 4.78 is 43.2. The number of nitrogens with one attached hydrogen (secondary N) is 1. The first-order chi connectivity index (χ1) is 13.7. The maximum absolute atomic E-state index is 13.6. The topological polar surface area (TPSA) is 73.9 Å². The zero-order valence-electron chi connectivity index (χ0n) is 16.6. The number of carbonyl (C=O) groups is 2. The molecule has 0 unspecified atom stereocenters. The molecule has 0 saturated carbocycles. The predicted octanol–water partition coefficient (Wildman–Crippen LogP) is 4.19. The van der Waals surface area contributed by atoms with E-state index >= 15 is 0 Å². The van der Waals surface area contributed by atoms with Crippen molar-refractivity contribution in [3.8, 4) is 11.5 Å². The highest BCUT2D eigenvalue weighted by Crippen LogP contribution is 2.29. The fraction of sp³-hybridized carbons (Fsp3) is 0.333. The van der Waals surface area contributed by atoms with Crippen LogP contribution in [0.2, 0.25) is 0 Å². The van der Waals surface area contributed by atoms with E-state index in [0.29, 0.717) is 24.0 Å². The van der Waals surface area contributed by atoms with Gasteiger partial charge in [0, 0.05) is 0 Å². The molecule has 2 aromatic carbocycles. The van der Waals surface area contributed by atoms with Gasteiger partial charge in [-0.1, -0.05) is 19.9 Å². The van der Waals surface area contributed by atoms with Crippen molar-refractivity contribution in [1.29, 1.82) is 0 Å². The molecule has 0 fully saturated rings. The lowest BCUT2D eigenvalue weighted by Gasteiger charge is -2.16. The second-order valence-electron chi connectivity index (χ2n) is 6.70. The molecule has 2 rings (SSSR count). The minimum Gasteiger partial charge on any atom is -0.493 e. The first kappa shape index (κ1) is 22.1. The van der Waals surface area contributed by atoms with Gasteiger partial charge >= 0.3 is 5.97 Å². The normalized spacial score (nSPS) is 11.7. The largest absolute Gasteiger partial charge is 0.493 e. The number of esters is 1. The number of hydrogen-bond donors (Lipinski definition) is 1. The van der Waals surface area contributed by atoms with Gasteiger partial charge in [0.2, 0.25) is 0 Å². The van der Waals surface area contributed by atoms with Crippen LogP contribution in [-0.4, -0.2) is 31.7 Å². The Morgan fingerprint density at radius 3 is 2.28 bits per heavy atom. The van der Waals surface area contributed by atoms with E-state index in [9.17, 15) is 18.4 Å². The molecule has 0 radical (unpaired) electrons. The molecule has 0 heterocycles. The maximum atomic E-state index is 13.6. The van der Waals surface area contributed by atoms with Crippen LogP contribution in [0.4, 0.5) is 14.5 Å². The van der Waals surface area contributed by atoms with Crippen LogP contribution in [0.1, 0.15) is 31.1 Å². The standard InChI is InChI=1S/C21H23F2NO5/c1-12(2)11-28-17-9-8-14(10-18(17)27-4)21(26)29-13(3)20(25)24-19-15(22)6-5-7-16(19)23/h5-10,12-13H,11H2,1-4H3,(H,24,25)/t13-/m1/s1. The van der Waals surface area contributed by atoms with E-state index in [1.807, 2.05) is 13.8 Å². The zero-order valence-corrected chi connectivity index (χ0v) is 16.6. The molecule has 156 valence electrons. The molecule has 0 aliphatic heterocycles. The third kappa shape index (κ3) is 5.91. The van der Waals surface area contributed by atoms with Gasteiger partial charge in [-0.2, -0.15) is 0 Å². The van der Waals surface area contributed by atoms with Crippen LogP contribution >= 0.6 is 0 Å². The van der Waals surface area contributed by atoms with Crippen molar-refractivity contribution in [3.05, 3.63) is 53.6 Å². The highest BCUT2D eigenvalue weighted by Gasteiger charge is 2.22. The molecule has 6 nitrogen and oxygen atoms in total. The van der Waals surface area contributed by atoms with Crippen molar-refractivity contribution in [2.75, 3.05) is 19.0 Å². The van der Waals surface area contributed by atoms with Crippen molar-refractivity contribution < 1.29 is 32.6 Å². The maximum Gasteiger partial charge on any atom is 0.339 e.